The van der Waals surface area contributed by atoms with Crippen LogP contribution in [0.5, 0.6) is 11.5 Å². The van der Waals surface area contributed by atoms with E-state index in [0.29, 0.717) is 5.75 Å². The number of carboxylic acid groups (broad SMARTS) is 1. The van der Waals surface area contributed by atoms with Gasteiger partial charge in [0.05, 0.1) is 12.7 Å². The van der Waals surface area contributed by atoms with E-state index in [1.165, 1.54) is 19.2 Å². The van der Waals surface area contributed by atoms with E-state index in [-0.39, 0.29) is 23.4 Å². The summed E-state index contributed by atoms with van der Waals surface area (Å²) in [6.07, 6.45) is 3.08. The Morgan fingerprint density at radius 3 is 2.19 bits per heavy atom. The number of methoxy groups -OCH3 is 1. The van der Waals surface area contributed by atoms with Crippen molar-refractivity contribution in [2.45, 2.75) is 44.8 Å². The summed E-state index contributed by atoms with van der Waals surface area (Å²) in [5.74, 6) is -4.41. The highest BCUT2D eigenvalue weighted by atomic mass is 17.4. The molecule has 2 aliphatic heterocycles. The molecule has 2 aromatic carbocycles. The van der Waals surface area contributed by atoms with Gasteiger partial charge in [0.25, 0.3) is 5.79 Å². The number of hydrogen-bond donors (Lipinski definition) is 2. The van der Waals surface area contributed by atoms with Gasteiger partial charge in [0, 0.05) is 6.42 Å². The van der Waals surface area contributed by atoms with Crippen molar-refractivity contribution in [3.8, 4) is 11.5 Å². The lowest BCUT2D eigenvalue weighted by atomic mass is 9.91. The van der Waals surface area contributed by atoms with Gasteiger partial charge in [0.2, 0.25) is 5.79 Å². The van der Waals surface area contributed by atoms with Crippen LogP contribution >= 0.6 is 0 Å². The van der Waals surface area contributed by atoms with Crippen LogP contribution in [0.4, 0.5) is 0 Å². The molecule has 190 valence electrons. The molecule has 10 nitrogen and oxygen atoms in total. The quantitative estimate of drug-likeness (QED) is 0.347. The van der Waals surface area contributed by atoms with E-state index in [9.17, 15) is 14.7 Å². The minimum absolute atomic E-state index is 0.213. The summed E-state index contributed by atoms with van der Waals surface area (Å²) in [5, 5.41) is 12.8. The number of nitrogens with one attached hydrogen (secondary N) is 1. The highest BCUT2D eigenvalue weighted by Gasteiger charge is 2.54. The zero-order valence-corrected chi connectivity index (χ0v) is 20.3. The lowest BCUT2D eigenvalue weighted by Crippen LogP contribution is -2.62. The van der Waals surface area contributed by atoms with Crippen molar-refractivity contribution in [2.24, 2.45) is 0 Å². The van der Waals surface area contributed by atoms with Crippen molar-refractivity contribution in [2.75, 3.05) is 7.11 Å². The number of hydrogen-bond acceptors (Lipinski definition) is 9. The standard InChI is InChI=1S/C26H27NO9/c1-16-5-7-17(8-6-16)9-14-21-26(35-33-25(2,3)34-36-26)15-20(23(28)29)22(27-21)24(30)32-19-12-10-18(31-4)11-13-19/h5-14,21,27H,15H2,1-4H3,(H,28,29)/b14-9+. The number of aliphatic carboxylic acids is 1. The highest BCUT2D eigenvalue weighted by Crippen LogP contribution is 2.40. The smallest absolute Gasteiger partial charge is 0.360 e. The van der Waals surface area contributed by atoms with E-state index >= 15 is 0 Å². The number of carbonyl (C=O) groups excluding carboxylic acids is 1. The summed E-state index contributed by atoms with van der Waals surface area (Å²) in [6.45, 7) is 5.11. The van der Waals surface area contributed by atoms with Crippen LogP contribution in [0, 0.1) is 6.92 Å². The normalized spacial score (nSPS) is 20.7. The van der Waals surface area contributed by atoms with Gasteiger partial charge in [-0.05, 0) is 50.6 Å². The van der Waals surface area contributed by atoms with Gasteiger partial charge in [-0.3, -0.25) is 0 Å². The predicted molar refractivity (Wildman–Crippen MR) is 126 cm³/mol. The maximum atomic E-state index is 13.1. The Bertz CT molecular complexity index is 1170. The van der Waals surface area contributed by atoms with Crippen LogP contribution in [0.1, 0.15) is 31.4 Å². The average Bonchev–Trinajstić information content (AvgIpc) is 2.86. The van der Waals surface area contributed by atoms with Crippen LogP contribution in [0.2, 0.25) is 0 Å². The molecule has 0 amide bonds. The molecule has 0 aromatic heterocycles. The Hall–Kier alpha value is -3.70. The fourth-order valence-corrected chi connectivity index (χ4v) is 3.58. The summed E-state index contributed by atoms with van der Waals surface area (Å²) in [6, 6.07) is 13.1. The Labute approximate surface area is 207 Å². The molecule has 0 saturated carbocycles. The minimum Gasteiger partial charge on any atom is -0.497 e. The van der Waals surface area contributed by atoms with Gasteiger partial charge in [-0.2, -0.15) is 19.6 Å². The second-order valence-electron chi connectivity index (χ2n) is 8.84. The summed E-state index contributed by atoms with van der Waals surface area (Å²) >= 11 is 0. The maximum absolute atomic E-state index is 13.1. The molecule has 2 heterocycles. The molecule has 0 aliphatic carbocycles. The number of aryl methyl sites for hydroxylation is 1. The first-order chi connectivity index (χ1) is 17.1. The monoisotopic (exact) mass is 497 g/mol. The molecule has 10 heteroatoms. The van der Waals surface area contributed by atoms with Crippen molar-refractivity contribution in [3.05, 3.63) is 77.0 Å². The first-order valence-electron chi connectivity index (χ1n) is 11.2. The van der Waals surface area contributed by atoms with Crippen molar-refractivity contribution in [1.82, 2.24) is 5.32 Å². The first-order valence-corrected chi connectivity index (χ1v) is 11.2. The van der Waals surface area contributed by atoms with Gasteiger partial charge in [-0.15, -0.1) is 0 Å². The van der Waals surface area contributed by atoms with Crippen LogP contribution < -0.4 is 14.8 Å². The SMILES string of the molecule is COc1ccc(OC(=O)C2=C(C(=O)O)CC3(OOC(C)(C)OO3)C(/C=C/c3ccc(C)cc3)N2)cc1. The molecule has 0 bridgehead atoms. The average molecular weight is 498 g/mol. The lowest BCUT2D eigenvalue weighted by Gasteiger charge is -2.45. The van der Waals surface area contributed by atoms with Gasteiger partial charge >= 0.3 is 11.9 Å². The summed E-state index contributed by atoms with van der Waals surface area (Å²) in [4.78, 5) is 47.0. The van der Waals surface area contributed by atoms with Crippen LogP contribution in [-0.2, 0) is 29.1 Å². The van der Waals surface area contributed by atoms with E-state index in [1.807, 2.05) is 31.2 Å². The molecule has 1 unspecified atom stereocenters. The number of carboxylic acids is 1. The number of esters is 1. The van der Waals surface area contributed by atoms with Crippen LogP contribution in [0.25, 0.3) is 6.08 Å². The second-order valence-corrected chi connectivity index (χ2v) is 8.84. The van der Waals surface area contributed by atoms with E-state index in [2.05, 4.69) is 5.32 Å². The van der Waals surface area contributed by atoms with E-state index in [1.54, 1.807) is 38.1 Å². The summed E-state index contributed by atoms with van der Waals surface area (Å²) in [5.41, 5.74) is 1.39. The molecule has 0 radical (unpaired) electrons. The van der Waals surface area contributed by atoms with Gasteiger partial charge in [0.1, 0.15) is 23.2 Å². The van der Waals surface area contributed by atoms with E-state index < -0.39 is 29.6 Å². The molecule has 36 heavy (non-hydrogen) atoms. The molecule has 1 atom stereocenters. The molecular formula is C26H27NO9. The fraction of sp³-hybridized carbons (Fsp3) is 0.308. The van der Waals surface area contributed by atoms with Crippen molar-refractivity contribution in [3.63, 3.8) is 0 Å². The van der Waals surface area contributed by atoms with Crippen molar-refractivity contribution in [1.29, 1.82) is 0 Å². The maximum Gasteiger partial charge on any atom is 0.360 e. The van der Waals surface area contributed by atoms with Crippen molar-refractivity contribution >= 4 is 18.0 Å². The third-order valence-corrected chi connectivity index (χ3v) is 5.56. The summed E-state index contributed by atoms with van der Waals surface area (Å²) in [7, 11) is 1.51. The molecule has 1 fully saturated rings. The van der Waals surface area contributed by atoms with Gasteiger partial charge < -0.3 is 19.9 Å². The second kappa shape index (κ2) is 10.1. The number of ether oxygens (including phenoxy) is 2. The minimum atomic E-state index is -1.73. The molecule has 2 aliphatic rings. The number of rotatable bonds is 6. The third kappa shape index (κ3) is 5.58. The van der Waals surface area contributed by atoms with Crippen LogP contribution in [-0.4, -0.2) is 41.8 Å². The van der Waals surface area contributed by atoms with Gasteiger partial charge in [-0.1, -0.05) is 42.0 Å². The molecule has 1 spiro atoms. The number of carbonyl (C=O) groups is 2. The Balaban J connectivity index is 1.66. The van der Waals surface area contributed by atoms with Gasteiger partial charge in [0.15, 0.2) is 0 Å². The van der Waals surface area contributed by atoms with Crippen molar-refractivity contribution < 1.29 is 43.7 Å². The van der Waals surface area contributed by atoms with Crippen LogP contribution in [0.3, 0.4) is 0 Å². The molecular weight excluding hydrogens is 470 g/mol. The highest BCUT2D eigenvalue weighted by molar-refractivity contribution is 6.00. The molecule has 1 saturated heterocycles. The topological polar surface area (TPSA) is 122 Å². The predicted octanol–water partition coefficient (Wildman–Crippen LogP) is 3.67. The van der Waals surface area contributed by atoms with Gasteiger partial charge in [-0.25, -0.2) is 9.59 Å². The Kier molecular flexibility index (Phi) is 7.14. The zero-order valence-electron chi connectivity index (χ0n) is 20.3. The summed E-state index contributed by atoms with van der Waals surface area (Å²) < 4.78 is 10.5. The fourth-order valence-electron chi connectivity index (χ4n) is 3.58. The lowest BCUT2D eigenvalue weighted by molar-refractivity contribution is -0.652. The van der Waals surface area contributed by atoms with Crippen LogP contribution in [0.15, 0.2) is 65.9 Å². The third-order valence-electron chi connectivity index (χ3n) is 5.56. The zero-order chi connectivity index (χ0) is 25.9. The Morgan fingerprint density at radius 2 is 1.61 bits per heavy atom. The number of benzene rings is 2. The first kappa shape index (κ1) is 25.4. The van der Waals surface area contributed by atoms with E-state index in [0.717, 1.165) is 11.1 Å². The largest absolute Gasteiger partial charge is 0.497 e. The molecule has 4 rings (SSSR count). The molecule has 2 N–H and O–H groups in total. The Morgan fingerprint density at radius 1 is 1.00 bits per heavy atom. The molecule has 2 aromatic rings. The van der Waals surface area contributed by atoms with E-state index in [4.69, 9.17) is 29.0 Å².